The first-order valence-electron chi connectivity index (χ1n) is 11.4. The quantitative estimate of drug-likeness (QED) is 0.370. The molecule has 0 aliphatic carbocycles. The number of rotatable bonds is 6. The number of pyridine rings is 1. The number of anilines is 1. The van der Waals surface area contributed by atoms with E-state index in [2.05, 4.69) is 0 Å². The van der Waals surface area contributed by atoms with E-state index < -0.39 is 22.8 Å². The standard InChI is InChI=1S/C27H22ClFN2O5/c28-21-5-1-2-6-25(21)36-15-17-4-3-11-30(17)24-13-23-19(12-22(24)29)26(33)20(27(34)35)14-31(23)16-7-9-18(32)10-8-16/h1-2,5-10,12-14,17,32H,3-4,11,15H2,(H,34,35)/t17-/m1/s1. The molecular formula is C27H22ClFN2O5. The van der Waals surface area contributed by atoms with Crippen molar-refractivity contribution in [1.82, 2.24) is 4.57 Å². The molecule has 7 nitrogen and oxygen atoms in total. The number of aromatic hydroxyl groups is 1. The number of ether oxygens (including phenoxy) is 1. The lowest BCUT2D eigenvalue weighted by atomic mass is 10.1. The van der Waals surface area contributed by atoms with E-state index in [4.69, 9.17) is 16.3 Å². The largest absolute Gasteiger partial charge is 0.508 e. The van der Waals surface area contributed by atoms with Crippen molar-refractivity contribution >= 4 is 34.2 Å². The van der Waals surface area contributed by atoms with Gasteiger partial charge in [-0.05, 0) is 61.4 Å². The lowest BCUT2D eigenvalue weighted by Gasteiger charge is -2.28. The van der Waals surface area contributed by atoms with E-state index in [0.717, 1.165) is 18.9 Å². The predicted molar refractivity (Wildman–Crippen MR) is 135 cm³/mol. The number of aromatic nitrogens is 1. The zero-order valence-corrected chi connectivity index (χ0v) is 19.8. The van der Waals surface area contributed by atoms with Crippen LogP contribution in [-0.2, 0) is 0 Å². The van der Waals surface area contributed by atoms with Crippen LogP contribution in [0.25, 0.3) is 16.6 Å². The van der Waals surface area contributed by atoms with Crippen molar-refractivity contribution in [3.63, 3.8) is 0 Å². The van der Waals surface area contributed by atoms with Gasteiger partial charge in [0.05, 0.1) is 22.3 Å². The van der Waals surface area contributed by atoms with Crippen LogP contribution in [0.4, 0.5) is 10.1 Å². The van der Waals surface area contributed by atoms with Crippen LogP contribution in [0.5, 0.6) is 11.5 Å². The van der Waals surface area contributed by atoms with Gasteiger partial charge in [0, 0.05) is 23.8 Å². The Balaban J connectivity index is 1.59. The minimum atomic E-state index is -1.41. The summed E-state index contributed by atoms with van der Waals surface area (Å²) in [6.07, 6.45) is 2.84. The summed E-state index contributed by atoms with van der Waals surface area (Å²) in [5, 5.41) is 19.7. The average Bonchev–Trinajstić information content (AvgIpc) is 3.32. The van der Waals surface area contributed by atoms with Crippen LogP contribution >= 0.6 is 11.6 Å². The lowest BCUT2D eigenvalue weighted by Crippen LogP contribution is -2.35. The Morgan fingerprint density at radius 3 is 2.61 bits per heavy atom. The SMILES string of the molecule is O=C(O)c1cn(-c2ccc(O)cc2)c2cc(N3CCC[C@@H]3COc3ccccc3Cl)c(F)cc2c1=O. The van der Waals surface area contributed by atoms with Crippen molar-refractivity contribution in [3.8, 4) is 17.2 Å². The van der Waals surface area contributed by atoms with E-state index >= 15 is 4.39 Å². The van der Waals surface area contributed by atoms with E-state index in [1.54, 1.807) is 30.3 Å². The molecule has 0 radical (unpaired) electrons. The number of hydrogen-bond donors (Lipinski definition) is 2. The maximum absolute atomic E-state index is 15.4. The minimum Gasteiger partial charge on any atom is -0.508 e. The van der Waals surface area contributed by atoms with Gasteiger partial charge in [-0.25, -0.2) is 9.18 Å². The first-order chi connectivity index (χ1) is 17.3. The number of halogens is 2. The zero-order chi connectivity index (χ0) is 25.4. The number of phenolic OH excluding ortho intramolecular Hbond substituents is 1. The molecule has 5 rings (SSSR count). The Kier molecular flexibility index (Phi) is 6.28. The highest BCUT2D eigenvalue weighted by Crippen LogP contribution is 2.33. The fraction of sp³-hybridized carbons (Fsp3) is 0.185. The van der Waals surface area contributed by atoms with E-state index in [1.807, 2.05) is 17.0 Å². The van der Waals surface area contributed by atoms with Gasteiger partial charge in [-0.3, -0.25) is 4.79 Å². The molecule has 2 N–H and O–H groups in total. The summed E-state index contributed by atoms with van der Waals surface area (Å²) in [5.41, 5.74) is -0.0849. The van der Waals surface area contributed by atoms with E-state index in [9.17, 15) is 19.8 Å². The highest BCUT2D eigenvalue weighted by Gasteiger charge is 2.29. The number of para-hydroxylation sites is 1. The molecule has 4 aromatic rings. The Bertz CT molecular complexity index is 1520. The summed E-state index contributed by atoms with van der Waals surface area (Å²) in [4.78, 5) is 26.5. The van der Waals surface area contributed by atoms with E-state index in [0.29, 0.717) is 40.8 Å². The molecule has 0 unspecified atom stereocenters. The van der Waals surface area contributed by atoms with E-state index in [1.165, 1.54) is 22.9 Å². The summed E-state index contributed by atoms with van der Waals surface area (Å²) in [6.45, 7) is 0.888. The molecule has 1 saturated heterocycles. The molecule has 1 aliphatic heterocycles. The maximum Gasteiger partial charge on any atom is 0.341 e. The second kappa shape index (κ2) is 9.54. The van der Waals surface area contributed by atoms with Crippen molar-refractivity contribution in [2.45, 2.75) is 18.9 Å². The number of phenols is 1. The number of carbonyl (C=O) groups is 1. The molecule has 184 valence electrons. The van der Waals surface area contributed by atoms with E-state index in [-0.39, 0.29) is 17.2 Å². The molecule has 3 aromatic carbocycles. The Hall–Kier alpha value is -4.04. The number of fused-ring (bicyclic) bond motifs is 1. The third-order valence-corrected chi connectivity index (χ3v) is 6.70. The van der Waals surface area contributed by atoms with Crippen molar-refractivity contribution < 1.29 is 24.1 Å². The van der Waals surface area contributed by atoms with Gasteiger partial charge in [0.15, 0.2) is 0 Å². The van der Waals surface area contributed by atoms with Gasteiger partial charge in [-0.1, -0.05) is 23.7 Å². The first-order valence-corrected chi connectivity index (χ1v) is 11.8. The molecule has 1 aliphatic rings. The molecule has 0 bridgehead atoms. The Labute approximate surface area is 210 Å². The van der Waals surface area contributed by atoms with Crippen molar-refractivity contribution in [2.75, 3.05) is 18.1 Å². The molecule has 2 heterocycles. The summed E-state index contributed by atoms with van der Waals surface area (Å²) in [7, 11) is 0. The molecule has 36 heavy (non-hydrogen) atoms. The molecule has 1 fully saturated rings. The fourth-order valence-corrected chi connectivity index (χ4v) is 4.80. The lowest BCUT2D eigenvalue weighted by molar-refractivity contribution is 0.0695. The minimum absolute atomic E-state index is 0.0349. The third kappa shape index (κ3) is 4.35. The third-order valence-electron chi connectivity index (χ3n) is 6.38. The molecule has 0 amide bonds. The van der Waals surface area contributed by atoms with Crippen LogP contribution in [0, 0.1) is 5.82 Å². The van der Waals surface area contributed by atoms with Gasteiger partial charge in [-0.2, -0.15) is 0 Å². The summed E-state index contributed by atoms with van der Waals surface area (Å²) < 4.78 is 22.9. The van der Waals surface area contributed by atoms with Crippen LogP contribution in [0.2, 0.25) is 5.02 Å². The van der Waals surface area contributed by atoms with Crippen LogP contribution in [0.15, 0.2) is 71.7 Å². The van der Waals surface area contributed by atoms with Crippen LogP contribution < -0.4 is 15.1 Å². The van der Waals surface area contributed by atoms with Crippen molar-refractivity contribution in [3.05, 3.63) is 93.5 Å². The van der Waals surface area contributed by atoms with Gasteiger partial charge in [0.2, 0.25) is 5.43 Å². The topological polar surface area (TPSA) is 92.0 Å². The smallest absolute Gasteiger partial charge is 0.341 e. The molecule has 0 spiro atoms. The maximum atomic E-state index is 15.4. The molecular weight excluding hydrogens is 487 g/mol. The van der Waals surface area contributed by atoms with Gasteiger partial charge < -0.3 is 24.4 Å². The number of carboxylic acids is 1. The van der Waals surface area contributed by atoms with Gasteiger partial charge in [0.25, 0.3) is 0 Å². The molecule has 1 aromatic heterocycles. The Morgan fingerprint density at radius 1 is 1.14 bits per heavy atom. The average molecular weight is 509 g/mol. The number of carboxylic acid groups (broad SMARTS) is 1. The molecule has 1 atom stereocenters. The number of nitrogens with zero attached hydrogens (tertiary/aromatic N) is 2. The number of hydrogen-bond acceptors (Lipinski definition) is 5. The normalized spacial score (nSPS) is 15.4. The van der Waals surface area contributed by atoms with Gasteiger partial charge in [0.1, 0.15) is 29.5 Å². The molecule has 9 heteroatoms. The highest BCUT2D eigenvalue weighted by atomic mass is 35.5. The van der Waals surface area contributed by atoms with Gasteiger partial charge >= 0.3 is 5.97 Å². The molecule has 0 saturated carbocycles. The number of benzene rings is 3. The van der Waals surface area contributed by atoms with Crippen molar-refractivity contribution in [2.24, 2.45) is 0 Å². The Morgan fingerprint density at radius 2 is 1.89 bits per heavy atom. The summed E-state index contributed by atoms with van der Waals surface area (Å²) in [6, 6.07) is 15.8. The van der Waals surface area contributed by atoms with Gasteiger partial charge in [-0.15, -0.1) is 0 Å². The van der Waals surface area contributed by atoms with Crippen LogP contribution in [-0.4, -0.2) is 39.9 Å². The zero-order valence-electron chi connectivity index (χ0n) is 19.0. The second-order valence-corrected chi connectivity index (χ2v) is 9.02. The fourth-order valence-electron chi connectivity index (χ4n) is 4.61. The summed E-state index contributed by atoms with van der Waals surface area (Å²) in [5.74, 6) is -1.45. The van der Waals surface area contributed by atoms with Crippen LogP contribution in [0.3, 0.4) is 0 Å². The van der Waals surface area contributed by atoms with Crippen molar-refractivity contribution in [1.29, 1.82) is 0 Å². The highest BCUT2D eigenvalue weighted by molar-refractivity contribution is 6.32. The first kappa shape index (κ1) is 23.7. The summed E-state index contributed by atoms with van der Waals surface area (Å²) >= 11 is 6.20. The van der Waals surface area contributed by atoms with Crippen LogP contribution in [0.1, 0.15) is 23.2 Å². The second-order valence-electron chi connectivity index (χ2n) is 8.62. The number of aromatic carboxylic acids is 1. The monoisotopic (exact) mass is 508 g/mol. The predicted octanol–water partition coefficient (Wildman–Crippen LogP) is 5.23.